The Labute approximate surface area is 134 Å². The molecule has 2 aromatic heterocycles. The van der Waals surface area contributed by atoms with Gasteiger partial charge in [0.15, 0.2) is 5.82 Å². The second kappa shape index (κ2) is 5.96. The van der Waals surface area contributed by atoms with E-state index < -0.39 is 0 Å². The number of ether oxygens (including phenoxy) is 1. The average molecular weight is 310 g/mol. The fraction of sp³-hybridized carbons (Fsp3) is 0.353. The smallest absolute Gasteiger partial charge is 0.257 e. The van der Waals surface area contributed by atoms with E-state index in [4.69, 9.17) is 9.26 Å². The number of hydrogen-bond donors (Lipinski definition) is 0. The summed E-state index contributed by atoms with van der Waals surface area (Å²) in [6, 6.07) is 8.08. The predicted octanol–water partition coefficient (Wildman–Crippen LogP) is 2.99. The molecule has 1 aromatic carbocycles. The van der Waals surface area contributed by atoms with Gasteiger partial charge in [-0.2, -0.15) is 4.98 Å². The molecule has 6 heteroatoms. The van der Waals surface area contributed by atoms with E-state index in [0.717, 1.165) is 49.0 Å². The van der Waals surface area contributed by atoms with Crippen LogP contribution in [0.4, 0.5) is 0 Å². The van der Waals surface area contributed by atoms with Gasteiger partial charge in [0.2, 0.25) is 0 Å². The van der Waals surface area contributed by atoms with Crippen LogP contribution in [-0.4, -0.2) is 32.9 Å². The molecule has 1 aliphatic rings. The van der Waals surface area contributed by atoms with Crippen LogP contribution in [0.25, 0.3) is 17.1 Å². The maximum atomic E-state index is 5.49. The highest BCUT2D eigenvalue weighted by molar-refractivity contribution is 5.57. The first kappa shape index (κ1) is 14.1. The number of benzene rings is 1. The Bertz CT molecular complexity index is 802. The third-order valence-electron chi connectivity index (χ3n) is 4.12. The van der Waals surface area contributed by atoms with Crippen LogP contribution >= 0.6 is 0 Å². The number of aryl methyl sites for hydroxylation is 1. The summed E-state index contributed by atoms with van der Waals surface area (Å²) < 4.78 is 12.9. The van der Waals surface area contributed by atoms with E-state index in [0.29, 0.717) is 11.8 Å². The van der Waals surface area contributed by atoms with Gasteiger partial charge in [-0.1, -0.05) is 18.1 Å². The van der Waals surface area contributed by atoms with E-state index >= 15 is 0 Å². The third kappa shape index (κ3) is 2.66. The number of rotatable bonds is 4. The van der Waals surface area contributed by atoms with Crippen LogP contribution in [0.2, 0.25) is 0 Å². The first-order chi connectivity index (χ1) is 11.3. The van der Waals surface area contributed by atoms with Crippen molar-refractivity contribution < 1.29 is 9.26 Å². The number of aromatic nitrogens is 4. The summed E-state index contributed by atoms with van der Waals surface area (Å²) in [4.78, 5) is 8.92. The van der Waals surface area contributed by atoms with Gasteiger partial charge < -0.3 is 13.8 Å². The topological polar surface area (TPSA) is 66.0 Å². The highest BCUT2D eigenvalue weighted by Crippen LogP contribution is 2.27. The summed E-state index contributed by atoms with van der Waals surface area (Å²) in [6.45, 7) is 3.55. The van der Waals surface area contributed by atoms with Gasteiger partial charge in [0.1, 0.15) is 5.82 Å². The Balaban J connectivity index is 1.70. The van der Waals surface area contributed by atoms with E-state index in [1.807, 2.05) is 37.5 Å². The molecular weight excluding hydrogens is 292 g/mol. The van der Waals surface area contributed by atoms with Gasteiger partial charge >= 0.3 is 0 Å². The zero-order chi connectivity index (χ0) is 15.6. The minimum atomic E-state index is 0.351. The van der Waals surface area contributed by atoms with Crippen molar-refractivity contribution in [2.24, 2.45) is 0 Å². The van der Waals surface area contributed by atoms with E-state index in [1.54, 1.807) is 0 Å². The minimum absolute atomic E-state index is 0.351. The maximum absolute atomic E-state index is 5.49. The maximum Gasteiger partial charge on any atom is 0.257 e. The molecule has 1 unspecified atom stereocenters. The molecule has 0 bridgehead atoms. The summed E-state index contributed by atoms with van der Waals surface area (Å²) in [6.07, 6.45) is 5.59. The van der Waals surface area contributed by atoms with E-state index in [1.165, 1.54) is 0 Å². The lowest BCUT2D eigenvalue weighted by Gasteiger charge is -2.12. The molecule has 3 heterocycles. The van der Waals surface area contributed by atoms with Crippen LogP contribution < -0.4 is 0 Å². The summed E-state index contributed by atoms with van der Waals surface area (Å²) in [7, 11) is 0. The molecule has 0 amide bonds. The third-order valence-corrected chi connectivity index (χ3v) is 4.12. The van der Waals surface area contributed by atoms with Crippen molar-refractivity contribution in [1.82, 2.24) is 19.7 Å². The molecule has 23 heavy (non-hydrogen) atoms. The van der Waals surface area contributed by atoms with E-state index in [9.17, 15) is 0 Å². The summed E-state index contributed by atoms with van der Waals surface area (Å²) >= 11 is 0. The first-order valence-electron chi connectivity index (χ1n) is 7.89. The van der Waals surface area contributed by atoms with Crippen molar-refractivity contribution in [1.29, 1.82) is 0 Å². The summed E-state index contributed by atoms with van der Waals surface area (Å²) in [5.74, 6) is 2.66. The fourth-order valence-corrected chi connectivity index (χ4v) is 2.88. The van der Waals surface area contributed by atoms with E-state index in [2.05, 4.69) is 25.8 Å². The standard InChI is InChI=1S/C17H18N4O2/c1-2-15-19-17(23-20-15)12-4-3-5-14(10-12)21-8-7-18-16(21)13-6-9-22-11-13/h3-5,7-8,10,13H,2,6,9,11H2,1H3. The molecular formula is C17H18N4O2. The molecule has 0 spiro atoms. The molecule has 118 valence electrons. The molecule has 1 aliphatic heterocycles. The van der Waals surface area contributed by atoms with Gasteiger partial charge in [0, 0.05) is 42.6 Å². The van der Waals surface area contributed by atoms with Crippen LogP contribution in [0.1, 0.15) is 30.9 Å². The van der Waals surface area contributed by atoms with Crippen molar-refractivity contribution >= 4 is 0 Å². The normalized spacial score (nSPS) is 17.7. The van der Waals surface area contributed by atoms with Crippen LogP contribution in [0, 0.1) is 0 Å². The molecule has 0 saturated carbocycles. The number of imidazole rings is 1. The first-order valence-corrected chi connectivity index (χ1v) is 7.89. The Hall–Kier alpha value is -2.47. The largest absolute Gasteiger partial charge is 0.381 e. The fourth-order valence-electron chi connectivity index (χ4n) is 2.88. The van der Waals surface area contributed by atoms with Crippen LogP contribution in [0.5, 0.6) is 0 Å². The lowest BCUT2D eigenvalue weighted by atomic mass is 10.1. The Kier molecular flexibility index (Phi) is 3.67. The Morgan fingerprint density at radius 3 is 3.09 bits per heavy atom. The zero-order valence-corrected chi connectivity index (χ0v) is 13.0. The van der Waals surface area contributed by atoms with Crippen molar-refractivity contribution in [2.75, 3.05) is 13.2 Å². The van der Waals surface area contributed by atoms with Crippen molar-refractivity contribution in [3.05, 3.63) is 48.3 Å². The summed E-state index contributed by atoms with van der Waals surface area (Å²) in [5, 5.41) is 3.96. The van der Waals surface area contributed by atoms with Gasteiger partial charge in [0.25, 0.3) is 5.89 Å². The van der Waals surface area contributed by atoms with Gasteiger partial charge in [-0.05, 0) is 24.6 Å². The quantitative estimate of drug-likeness (QED) is 0.741. The molecule has 0 aliphatic carbocycles. The zero-order valence-electron chi connectivity index (χ0n) is 13.0. The molecule has 1 fully saturated rings. The van der Waals surface area contributed by atoms with Crippen molar-refractivity contribution in [3.63, 3.8) is 0 Å². The molecule has 0 radical (unpaired) electrons. The molecule has 1 atom stereocenters. The molecule has 0 N–H and O–H groups in total. The molecule has 6 nitrogen and oxygen atoms in total. The van der Waals surface area contributed by atoms with Gasteiger partial charge in [0.05, 0.1) is 6.61 Å². The SMILES string of the molecule is CCc1noc(-c2cccc(-n3ccnc3C3CCOC3)c2)n1. The second-order valence-electron chi connectivity index (χ2n) is 5.64. The number of nitrogens with zero attached hydrogens (tertiary/aromatic N) is 4. The Morgan fingerprint density at radius 2 is 2.30 bits per heavy atom. The summed E-state index contributed by atoms with van der Waals surface area (Å²) in [5.41, 5.74) is 1.95. The van der Waals surface area contributed by atoms with Gasteiger partial charge in [-0.25, -0.2) is 4.98 Å². The lowest BCUT2D eigenvalue weighted by molar-refractivity contribution is 0.193. The van der Waals surface area contributed by atoms with Crippen molar-refractivity contribution in [2.45, 2.75) is 25.7 Å². The molecule has 4 rings (SSSR count). The molecule has 3 aromatic rings. The van der Waals surface area contributed by atoms with Crippen LogP contribution in [0.15, 0.2) is 41.2 Å². The lowest BCUT2D eigenvalue weighted by Crippen LogP contribution is -2.07. The van der Waals surface area contributed by atoms with Crippen LogP contribution in [0.3, 0.4) is 0 Å². The highest BCUT2D eigenvalue weighted by atomic mass is 16.5. The number of hydrogen-bond acceptors (Lipinski definition) is 5. The second-order valence-corrected chi connectivity index (χ2v) is 5.64. The minimum Gasteiger partial charge on any atom is -0.381 e. The molecule has 1 saturated heterocycles. The van der Waals surface area contributed by atoms with E-state index in [-0.39, 0.29) is 0 Å². The average Bonchev–Trinajstić information content (AvgIpc) is 3.34. The predicted molar refractivity (Wildman–Crippen MR) is 84.4 cm³/mol. The van der Waals surface area contributed by atoms with Crippen molar-refractivity contribution in [3.8, 4) is 17.1 Å². The Morgan fingerprint density at radius 1 is 1.35 bits per heavy atom. The highest BCUT2D eigenvalue weighted by Gasteiger charge is 2.22. The van der Waals surface area contributed by atoms with Gasteiger partial charge in [-0.15, -0.1) is 0 Å². The van der Waals surface area contributed by atoms with Crippen LogP contribution in [-0.2, 0) is 11.2 Å². The van der Waals surface area contributed by atoms with Gasteiger partial charge in [-0.3, -0.25) is 0 Å². The monoisotopic (exact) mass is 310 g/mol.